The second kappa shape index (κ2) is 5.29. The lowest BCUT2D eigenvalue weighted by Gasteiger charge is -2.08. The predicted octanol–water partition coefficient (Wildman–Crippen LogP) is 1.54. The highest BCUT2D eigenvalue weighted by Gasteiger charge is 2.16. The SMILES string of the molecule is CCOC(=O)c1cc(C)cc(CO)c1C#N. The molecule has 0 aromatic heterocycles. The maximum Gasteiger partial charge on any atom is 0.339 e. The Balaban J connectivity index is 3.32. The molecule has 1 aromatic carbocycles. The summed E-state index contributed by atoms with van der Waals surface area (Å²) in [6.45, 7) is 3.48. The number of esters is 1. The van der Waals surface area contributed by atoms with Gasteiger partial charge >= 0.3 is 5.97 Å². The summed E-state index contributed by atoms with van der Waals surface area (Å²) in [5.74, 6) is -0.530. The van der Waals surface area contributed by atoms with Gasteiger partial charge in [0.05, 0.1) is 24.3 Å². The van der Waals surface area contributed by atoms with E-state index in [9.17, 15) is 4.79 Å². The fraction of sp³-hybridized carbons (Fsp3) is 0.333. The Morgan fingerprint density at radius 2 is 2.25 bits per heavy atom. The Bertz CT molecular complexity index is 446. The molecule has 16 heavy (non-hydrogen) atoms. The van der Waals surface area contributed by atoms with E-state index >= 15 is 0 Å². The Kier molecular flexibility index (Phi) is 4.03. The van der Waals surface area contributed by atoms with Crippen LogP contribution in [0.1, 0.15) is 34.0 Å². The van der Waals surface area contributed by atoms with E-state index in [1.807, 2.05) is 6.07 Å². The lowest BCUT2D eigenvalue weighted by Crippen LogP contribution is -2.09. The standard InChI is InChI=1S/C12H13NO3/c1-3-16-12(15)10-5-8(2)4-9(7-14)11(10)6-13/h4-5,14H,3,7H2,1-2H3. The molecule has 1 aromatic rings. The van der Waals surface area contributed by atoms with E-state index in [1.165, 1.54) is 0 Å². The molecule has 1 rings (SSSR count). The molecule has 0 radical (unpaired) electrons. The van der Waals surface area contributed by atoms with Crippen LogP contribution in [0.15, 0.2) is 12.1 Å². The van der Waals surface area contributed by atoms with Crippen LogP contribution in [-0.4, -0.2) is 17.7 Å². The van der Waals surface area contributed by atoms with E-state index in [-0.39, 0.29) is 24.3 Å². The molecular formula is C12H13NO3. The zero-order chi connectivity index (χ0) is 12.1. The summed E-state index contributed by atoms with van der Waals surface area (Å²) >= 11 is 0. The molecule has 0 unspecified atom stereocenters. The first-order valence-electron chi connectivity index (χ1n) is 4.95. The van der Waals surface area contributed by atoms with Crippen molar-refractivity contribution in [2.45, 2.75) is 20.5 Å². The second-order valence-electron chi connectivity index (χ2n) is 3.34. The topological polar surface area (TPSA) is 70.3 Å². The highest BCUT2D eigenvalue weighted by Crippen LogP contribution is 2.18. The normalized spacial score (nSPS) is 9.62. The Morgan fingerprint density at radius 1 is 1.56 bits per heavy atom. The van der Waals surface area contributed by atoms with Crippen molar-refractivity contribution in [3.8, 4) is 6.07 Å². The van der Waals surface area contributed by atoms with Gasteiger partial charge < -0.3 is 9.84 Å². The molecule has 4 heteroatoms. The summed E-state index contributed by atoms with van der Waals surface area (Å²) in [5, 5.41) is 18.1. The molecule has 0 fully saturated rings. The Labute approximate surface area is 94.1 Å². The van der Waals surface area contributed by atoms with Gasteiger partial charge in [0, 0.05) is 0 Å². The summed E-state index contributed by atoms with van der Waals surface area (Å²) in [7, 11) is 0. The monoisotopic (exact) mass is 219 g/mol. The fourth-order valence-electron chi connectivity index (χ4n) is 1.49. The van der Waals surface area contributed by atoms with Crippen LogP contribution in [0, 0.1) is 18.3 Å². The number of rotatable bonds is 3. The van der Waals surface area contributed by atoms with Crippen molar-refractivity contribution in [1.29, 1.82) is 5.26 Å². The maximum absolute atomic E-state index is 11.6. The Morgan fingerprint density at radius 3 is 2.75 bits per heavy atom. The molecule has 0 aliphatic rings. The number of carbonyl (C=O) groups excluding carboxylic acids is 1. The third-order valence-electron chi connectivity index (χ3n) is 2.14. The van der Waals surface area contributed by atoms with Crippen LogP contribution in [0.5, 0.6) is 0 Å². The number of hydrogen-bond acceptors (Lipinski definition) is 4. The molecule has 0 bridgehead atoms. The summed E-state index contributed by atoms with van der Waals surface area (Å²) < 4.78 is 4.85. The summed E-state index contributed by atoms with van der Waals surface area (Å²) in [6.07, 6.45) is 0. The van der Waals surface area contributed by atoms with Crippen LogP contribution in [0.3, 0.4) is 0 Å². The summed E-state index contributed by atoms with van der Waals surface area (Å²) in [4.78, 5) is 11.6. The minimum atomic E-state index is -0.530. The van der Waals surface area contributed by atoms with Crippen LogP contribution in [-0.2, 0) is 11.3 Å². The number of benzene rings is 1. The van der Waals surface area contributed by atoms with Crippen LogP contribution in [0.25, 0.3) is 0 Å². The molecule has 0 atom stereocenters. The molecular weight excluding hydrogens is 206 g/mol. The first-order chi connectivity index (χ1) is 7.63. The van der Waals surface area contributed by atoms with Crippen LogP contribution in [0.4, 0.5) is 0 Å². The lowest BCUT2D eigenvalue weighted by molar-refractivity contribution is 0.0525. The van der Waals surface area contributed by atoms with Gasteiger partial charge in [-0.3, -0.25) is 0 Å². The number of ether oxygens (including phenoxy) is 1. The van der Waals surface area contributed by atoms with E-state index in [0.29, 0.717) is 5.56 Å². The van der Waals surface area contributed by atoms with Gasteiger partial charge in [0.2, 0.25) is 0 Å². The van der Waals surface area contributed by atoms with E-state index < -0.39 is 5.97 Å². The largest absolute Gasteiger partial charge is 0.462 e. The van der Waals surface area contributed by atoms with Gasteiger partial charge in [-0.15, -0.1) is 0 Å². The average Bonchev–Trinajstić information content (AvgIpc) is 2.28. The van der Waals surface area contributed by atoms with Gasteiger partial charge in [0.15, 0.2) is 0 Å². The average molecular weight is 219 g/mol. The first-order valence-corrected chi connectivity index (χ1v) is 4.95. The summed E-state index contributed by atoms with van der Waals surface area (Å²) in [5.41, 5.74) is 1.66. The smallest absolute Gasteiger partial charge is 0.339 e. The number of hydrogen-bond donors (Lipinski definition) is 1. The molecule has 4 nitrogen and oxygen atoms in total. The number of aliphatic hydroxyl groups is 1. The molecule has 0 amide bonds. The van der Waals surface area contributed by atoms with Gasteiger partial charge in [0.25, 0.3) is 0 Å². The molecule has 0 heterocycles. The van der Waals surface area contributed by atoms with Crippen molar-refractivity contribution in [3.05, 3.63) is 34.4 Å². The van der Waals surface area contributed by atoms with E-state index in [1.54, 1.807) is 26.0 Å². The number of aryl methyl sites for hydroxylation is 1. The molecule has 84 valence electrons. The van der Waals surface area contributed by atoms with Gasteiger partial charge in [-0.25, -0.2) is 4.79 Å². The maximum atomic E-state index is 11.6. The van der Waals surface area contributed by atoms with Gasteiger partial charge in [0.1, 0.15) is 6.07 Å². The van der Waals surface area contributed by atoms with Gasteiger partial charge in [-0.05, 0) is 31.0 Å². The Hall–Kier alpha value is -1.86. The van der Waals surface area contributed by atoms with Crippen molar-refractivity contribution in [1.82, 2.24) is 0 Å². The van der Waals surface area contributed by atoms with Crippen LogP contribution < -0.4 is 0 Å². The minimum Gasteiger partial charge on any atom is -0.462 e. The number of nitrogens with zero attached hydrogens (tertiary/aromatic N) is 1. The van der Waals surface area contributed by atoms with E-state index in [2.05, 4.69) is 0 Å². The molecule has 0 saturated carbocycles. The van der Waals surface area contributed by atoms with Crippen molar-refractivity contribution < 1.29 is 14.6 Å². The molecule has 0 spiro atoms. The highest BCUT2D eigenvalue weighted by atomic mass is 16.5. The number of aliphatic hydroxyl groups excluding tert-OH is 1. The fourth-order valence-corrected chi connectivity index (χ4v) is 1.49. The summed E-state index contributed by atoms with van der Waals surface area (Å²) in [6, 6.07) is 5.20. The second-order valence-corrected chi connectivity index (χ2v) is 3.34. The zero-order valence-corrected chi connectivity index (χ0v) is 9.28. The van der Waals surface area contributed by atoms with Crippen molar-refractivity contribution in [3.63, 3.8) is 0 Å². The molecule has 0 saturated heterocycles. The third kappa shape index (κ3) is 2.38. The van der Waals surface area contributed by atoms with Crippen molar-refractivity contribution >= 4 is 5.97 Å². The van der Waals surface area contributed by atoms with Gasteiger partial charge in [-0.1, -0.05) is 6.07 Å². The molecule has 0 aliphatic heterocycles. The van der Waals surface area contributed by atoms with Crippen molar-refractivity contribution in [2.75, 3.05) is 6.61 Å². The minimum absolute atomic E-state index is 0.187. The van der Waals surface area contributed by atoms with E-state index in [4.69, 9.17) is 15.1 Å². The molecule has 1 N–H and O–H groups in total. The number of carbonyl (C=O) groups is 1. The van der Waals surface area contributed by atoms with Crippen molar-refractivity contribution in [2.24, 2.45) is 0 Å². The van der Waals surface area contributed by atoms with Crippen LogP contribution in [0.2, 0.25) is 0 Å². The quantitative estimate of drug-likeness (QED) is 0.783. The lowest BCUT2D eigenvalue weighted by atomic mass is 9.99. The highest BCUT2D eigenvalue weighted by molar-refractivity contribution is 5.93. The van der Waals surface area contributed by atoms with Gasteiger partial charge in [-0.2, -0.15) is 5.26 Å². The molecule has 0 aliphatic carbocycles. The zero-order valence-electron chi connectivity index (χ0n) is 9.28. The van der Waals surface area contributed by atoms with E-state index in [0.717, 1.165) is 5.56 Å². The number of nitriles is 1. The first kappa shape index (κ1) is 12.2. The van der Waals surface area contributed by atoms with Crippen LogP contribution >= 0.6 is 0 Å². The third-order valence-corrected chi connectivity index (χ3v) is 2.14. The predicted molar refractivity (Wildman–Crippen MR) is 57.8 cm³/mol.